The van der Waals surface area contributed by atoms with Crippen LogP contribution in [0.5, 0.6) is 0 Å². The molecule has 0 aliphatic rings. The van der Waals surface area contributed by atoms with Gasteiger partial charge in [0, 0.05) is 24.4 Å². The maximum atomic E-state index is 13.0. The molecule has 102 valence electrons. The number of benzene rings is 1. The first-order chi connectivity index (χ1) is 9.65. The van der Waals surface area contributed by atoms with Crippen molar-refractivity contribution in [3.63, 3.8) is 0 Å². The molecule has 0 amide bonds. The Balaban J connectivity index is 2.01. The molecule has 0 saturated heterocycles. The Morgan fingerprint density at radius 1 is 1.20 bits per heavy atom. The number of aromatic nitrogens is 3. The molecule has 4 heteroatoms. The smallest absolute Gasteiger partial charge is 0.158 e. The van der Waals surface area contributed by atoms with Crippen molar-refractivity contribution in [2.24, 2.45) is 0 Å². The van der Waals surface area contributed by atoms with Crippen LogP contribution in [0.25, 0.3) is 16.9 Å². The van der Waals surface area contributed by atoms with Crippen molar-refractivity contribution in [1.82, 2.24) is 14.4 Å². The van der Waals surface area contributed by atoms with Crippen molar-refractivity contribution in [3.8, 4) is 11.3 Å². The molecular formula is C16H16FN3. The topological polar surface area (TPSA) is 30.2 Å². The molecular weight excluding hydrogens is 253 g/mol. The fraction of sp³-hybridized carbons (Fsp3) is 0.250. The third-order valence-corrected chi connectivity index (χ3v) is 3.37. The zero-order chi connectivity index (χ0) is 14.1. The van der Waals surface area contributed by atoms with E-state index in [1.54, 1.807) is 13.1 Å². The number of rotatable bonds is 3. The van der Waals surface area contributed by atoms with Crippen molar-refractivity contribution < 1.29 is 4.39 Å². The van der Waals surface area contributed by atoms with Crippen LogP contribution in [0.2, 0.25) is 0 Å². The Morgan fingerprint density at radius 2 is 1.95 bits per heavy atom. The predicted octanol–water partition coefficient (Wildman–Crippen LogP) is 3.61. The number of hydrogen-bond donors (Lipinski definition) is 0. The SMILES string of the molecule is Cc1nccn2c(-c3ccc(CC(C)F)cc3)cnc12. The molecule has 3 aromatic rings. The van der Waals surface area contributed by atoms with Gasteiger partial charge in [0.25, 0.3) is 0 Å². The van der Waals surface area contributed by atoms with Crippen LogP contribution in [0.15, 0.2) is 42.9 Å². The molecule has 1 aromatic carbocycles. The molecule has 1 atom stereocenters. The highest BCUT2D eigenvalue weighted by Crippen LogP contribution is 2.22. The first-order valence-corrected chi connectivity index (χ1v) is 6.67. The van der Waals surface area contributed by atoms with Gasteiger partial charge in [0.15, 0.2) is 5.65 Å². The van der Waals surface area contributed by atoms with Gasteiger partial charge in [-0.05, 0) is 19.4 Å². The van der Waals surface area contributed by atoms with Gasteiger partial charge in [0.2, 0.25) is 0 Å². The summed E-state index contributed by atoms with van der Waals surface area (Å²) in [5.41, 5.74) is 4.87. The van der Waals surface area contributed by atoms with Gasteiger partial charge in [-0.3, -0.25) is 9.38 Å². The minimum Gasteiger partial charge on any atom is -0.297 e. The number of halogens is 1. The van der Waals surface area contributed by atoms with E-state index in [2.05, 4.69) is 9.97 Å². The second kappa shape index (κ2) is 5.04. The molecule has 3 rings (SSSR count). The van der Waals surface area contributed by atoms with Gasteiger partial charge in [-0.1, -0.05) is 24.3 Å². The van der Waals surface area contributed by atoms with E-state index in [0.29, 0.717) is 6.42 Å². The minimum absolute atomic E-state index is 0.455. The van der Waals surface area contributed by atoms with Crippen LogP contribution >= 0.6 is 0 Å². The van der Waals surface area contributed by atoms with Crippen molar-refractivity contribution in [2.75, 3.05) is 0 Å². The highest BCUT2D eigenvalue weighted by molar-refractivity contribution is 5.64. The summed E-state index contributed by atoms with van der Waals surface area (Å²) >= 11 is 0. The van der Waals surface area contributed by atoms with Crippen molar-refractivity contribution in [3.05, 3.63) is 54.1 Å². The molecule has 0 radical (unpaired) electrons. The molecule has 0 aliphatic carbocycles. The molecule has 20 heavy (non-hydrogen) atoms. The molecule has 0 fully saturated rings. The zero-order valence-electron chi connectivity index (χ0n) is 11.5. The maximum absolute atomic E-state index is 13.0. The van der Waals surface area contributed by atoms with E-state index in [-0.39, 0.29) is 0 Å². The predicted molar refractivity (Wildman–Crippen MR) is 77.4 cm³/mol. The quantitative estimate of drug-likeness (QED) is 0.727. The van der Waals surface area contributed by atoms with E-state index in [1.165, 1.54) is 0 Å². The summed E-state index contributed by atoms with van der Waals surface area (Å²) in [5, 5.41) is 0. The average Bonchev–Trinajstić information content (AvgIpc) is 2.84. The lowest BCUT2D eigenvalue weighted by molar-refractivity contribution is 0.360. The maximum Gasteiger partial charge on any atom is 0.158 e. The lowest BCUT2D eigenvalue weighted by Gasteiger charge is -2.05. The monoisotopic (exact) mass is 269 g/mol. The number of hydrogen-bond acceptors (Lipinski definition) is 2. The molecule has 0 saturated carbocycles. The van der Waals surface area contributed by atoms with Crippen LogP contribution in [-0.2, 0) is 6.42 Å². The number of aryl methyl sites for hydroxylation is 1. The Hall–Kier alpha value is -2.23. The summed E-state index contributed by atoms with van der Waals surface area (Å²) in [6.45, 7) is 3.52. The average molecular weight is 269 g/mol. The first-order valence-electron chi connectivity index (χ1n) is 6.67. The van der Waals surface area contributed by atoms with Gasteiger partial charge < -0.3 is 0 Å². The van der Waals surface area contributed by atoms with Gasteiger partial charge >= 0.3 is 0 Å². The van der Waals surface area contributed by atoms with Crippen LogP contribution in [0, 0.1) is 6.92 Å². The lowest BCUT2D eigenvalue weighted by atomic mass is 10.1. The first kappa shape index (κ1) is 12.8. The summed E-state index contributed by atoms with van der Waals surface area (Å²) in [7, 11) is 0. The standard InChI is InChI=1S/C16H16FN3/c1-11(17)9-13-3-5-14(6-4-13)15-10-19-16-12(2)18-7-8-20(15)16/h3-8,10-11H,9H2,1-2H3. The van der Waals surface area contributed by atoms with Crippen LogP contribution in [-0.4, -0.2) is 20.5 Å². The minimum atomic E-state index is -0.814. The molecule has 2 heterocycles. The summed E-state index contributed by atoms with van der Waals surface area (Å²) in [6.07, 6.45) is 5.16. The number of alkyl halides is 1. The van der Waals surface area contributed by atoms with Gasteiger partial charge in [0.05, 0.1) is 17.6 Å². The van der Waals surface area contributed by atoms with E-state index in [1.807, 2.05) is 48.0 Å². The lowest BCUT2D eigenvalue weighted by Crippen LogP contribution is -1.98. The van der Waals surface area contributed by atoms with Gasteiger partial charge in [-0.25, -0.2) is 9.37 Å². The number of imidazole rings is 1. The third kappa shape index (κ3) is 2.29. The number of nitrogens with zero attached hydrogens (tertiary/aromatic N) is 3. The van der Waals surface area contributed by atoms with Crippen molar-refractivity contribution >= 4 is 5.65 Å². The van der Waals surface area contributed by atoms with E-state index >= 15 is 0 Å². The summed E-state index contributed by atoms with van der Waals surface area (Å²) in [4.78, 5) is 8.64. The van der Waals surface area contributed by atoms with Gasteiger partial charge in [-0.2, -0.15) is 0 Å². The largest absolute Gasteiger partial charge is 0.297 e. The Morgan fingerprint density at radius 3 is 2.65 bits per heavy atom. The van der Waals surface area contributed by atoms with E-state index < -0.39 is 6.17 Å². The van der Waals surface area contributed by atoms with Crippen LogP contribution < -0.4 is 0 Å². The third-order valence-electron chi connectivity index (χ3n) is 3.37. The molecule has 0 aliphatic heterocycles. The fourth-order valence-corrected chi connectivity index (χ4v) is 2.40. The molecule has 0 N–H and O–H groups in total. The Bertz CT molecular complexity index is 729. The van der Waals surface area contributed by atoms with Crippen LogP contribution in [0.4, 0.5) is 4.39 Å². The summed E-state index contributed by atoms with van der Waals surface area (Å²) < 4.78 is 15.0. The van der Waals surface area contributed by atoms with Crippen molar-refractivity contribution in [2.45, 2.75) is 26.4 Å². The molecule has 0 spiro atoms. The van der Waals surface area contributed by atoms with Crippen molar-refractivity contribution in [1.29, 1.82) is 0 Å². The second-order valence-electron chi connectivity index (χ2n) is 5.03. The molecule has 1 unspecified atom stereocenters. The molecule has 3 nitrogen and oxygen atoms in total. The Labute approximate surface area is 117 Å². The fourth-order valence-electron chi connectivity index (χ4n) is 2.40. The van der Waals surface area contributed by atoms with Crippen LogP contribution in [0.3, 0.4) is 0 Å². The van der Waals surface area contributed by atoms with E-state index in [0.717, 1.165) is 28.2 Å². The second-order valence-corrected chi connectivity index (χ2v) is 5.03. The highest BCUT2D eigenvalue weighted by Gasteiger charge is 2.08. The summed E-state index contributed by atoms with van der Waals surface area (Å²) in [6, 6.07) is 7.96. The summed E-state index contributed by atoms with van der Waals surface area (Å²) in [5.74, 6) is 0. The number of fused-ring (bicyclic) bond motifs is 1. The highest BCUT2D eigenvalue weighted by atomic mass is 19.1. The van der Waals surface area contributed by atoms with Crippen LogP contribution in [0.1, 0.15) is 18.2 Å². The zero-order valence-corrected chi connectivity index (χ0v) is 11.5. The molecule has 0 bridgehead atoms. The Kier molecular flexibility index (Phi) is 3.22. The normalized spacial score (nSPS) is 12.8. The van der Waals surface area contributed by atoms with Gasteiger partial charge in [-0.15, -0.1) is 0 Å². The van der Waals surface area contributed by atoms with Gasteiger partial charge in [0.1, 0.15) is 6.17 Å². The van der Waals surface area contributed by atoms with E-state index in [9.17, 15) is 4.39 Å². The molecule has 2 aromatic heterocycles. The van der Waals surface area contributed by atoms with E-state index in [4.69, 9.17) is 0 Å².